The van der Waals surface area contributed by atoms with E-state index in [4.69, 9.17) is 9.97 Å². The van der Waals surface area contributed by atoms with Crippen LogP contribution >= 0.6 is 0 Å². The maximum Gasteiger partial charge on any atom is 0.160 e. The number of hydrogen-bond acceptors (Lipinski definition) is 2. The zero-order valence-electron chi connectivity index (χ0n) is 29.5. The summed E-state index contributed by atoms with van der Waals surface area (Å²) in [5.74, 6) is 0.702. The number of hydrogen-bond donors (Lipinski definition) is 0. The van der Waals surface area contributed by atoms with E-state index < -0.39 is 0 Å². The average Bonchev–Trinajstić information content (AvgIpc) is 3.26. The summed E-state index contributed by atoms with van der Waals surface area (Å²) in [6, 6.07) is 73.4. The fraction of sp³-hybridized carbons (Fsp3) is 0. The highest BCUT2D eigenvalue weighted by atomic mass is 14.9. The van der Waals surface area contributed by atoms with Gasteiger partial charge in [0.1, 0.15) is 0 Å². The molecule has 0 bridgehead atoms. The molecule has 0 spiro atoms. The first-order valence-electron chi connectivity index (χ1n) is 18.4. The number of nitrogens with zero attached hydrogens (tertiary/aromatic N) is 2. The zero-order valence-corrected chi connectivity index (χ0v) is 29.5. The lowest BCUT2D eigenvalue weighted by Crippen LogP contribution is -1.98. The summed E-state index contributed by atoms with van der Waals surface area (Å²) >= 11 is 0. The van der Waals surface area contributed by atoms with Crippen LogP contribution in [0.25, 0.3) is 99.6 Å². The van der Waals surface area contributed by atoms with Crippen LogP contribution in [0.15, 0.2) is 206 Å². The fourth-order valence-electron chi connectivity index (χ4n) is 7.89. The normalized spacial score (nSPS) is 11.3. The van der Waals surface area contributed by atoms with Crippen LogP contribution in [0.4, 0.5) is 0 Å². The van der Waals surface area contributed by atoms with E-state index in [-0.39, 0.29) is 0 Å². The second kappa shape index (κ2) is 13.4. The highest BCUT2D eigenvalue weighted by molar-refractivity contribution is 6.27. The lowest BCUT2D eigenvalue weighted by Gasteiger charge is -2.19. The summed E-state index contributed by atoms with van der Waals surface area (Å²) in [7, 11) is 0. The van der Waals surface area contributed by atoms with Crippen molar-refractivity contribution in [3.63, 3.8) is 0 Å². The third-order valence-corrected chi connectivity index (χ3v) is 10.5. The molecule has 0 saturated heterocycles. The Morgan fingerprint density at radius 2 is 0.704 bits per heavy atom. The van der Waals surface area contributed by atoms with Gasteiger partial charge < -0.3 is 0 Å². The molecule has 252 valence electrons. The molecule has 0 amide bonds. The topological polar surface area (TPSA) is 25.8 Å². The zero-order chi connectivity index (χ0) is 35.8. The Morgan fingerprint density at radius 3 is 1.31 bits per heavy atom. The van der Waals surface area contributed by atoms with Gasteiger partial charge in [0.2, 0.25) is 0 Å². The van der Waals surface area contributed by atoms with E-state index in [1.165, 1.54) is 54.7 Å². The van der Waals surface area contributed by atoms with Gasteiger partial charge in [-0.25, -0.2) is 9.97 Å². The first-order chi connectivity index (χ1) is 26.8. The second-order valence-corrected chi connectivity index (χ2v) is 13.7. The van der Waals surface area contributed by atoms with Crippen molar-refractivity contribution in [3.05, 3.63) is 206 Å². The third kappa shape index (κ3) is 5.62. The van der Waals surface area contributed by atoms with Gasteiger partial charge in [-0.3, -0.25) is 0 Å². The van der Waals surface area contributed by atoms with Crippen molar-refractivity contribution in [2.24, 2.45) is 0 Å². The van der Waals surface area contributed by atoms with Crippen molar-refractivity contribution < 1.29 is 0 Å². The minimum atomic E-state index is 0.702. The van der Waals surface area contributed by atoms with E-state index in [1.807, 2.05) is 6.07 Å². The molecule has 0 fully saturated rings. The first-order valence-corrected chi connectivity index (χ1v) is 18.4. The van der Waals surface area contributed by atoms with Gasteiger partial charge in [-0.2, -0.15) is 0 Å². The molecule has 10 rings (SSSR count). The molecule has 0 aliphatic carbocycles. The van der Waals surface area contributed by atoms with E-state index >= 15 is 0 Å². The Hall–Kier alpha value is -7.16. The van der Waals surface area contributed by atoms with Crippen LogP contribution in [-0.2, 0) is 0 Å². The Kier molecular flexibility index (Phi) is 7.85. The number of benzene rings is 9. The van der Waals surface area contributed by atoms with Crippen LogP contribution in [-0.4, -0.2) is 9.97 Å². The molecular weight excluding hydrogens is 653 g/mol. The molecule has 0 aliphatic heterocycles. The molecule has 0 aliphatic rings. The van der Waals surface area contributed by atoms with Gasteiger partial charge in [0.05, 0.1) is 11.4 Å². The highest BCUT2D eigenvalue weighted by Gasteiger charge is 2.21. The van der Waals surface area contributed by atoms with Gasteiger partial charge in [0.15, 0.2) is 5.82 Å². The molecule has 10 aromatic rings. The smallest absolute Gasteiger partial charge is 0.160 e. The van der Waals surface area contributed by atoms with Crippen LogP contribution in [0.5, 0.6) is 0 Å². The van der Waals surface area contributed by atoms with Gasteiger partial charge in [0.25, 0.3) is 0 Å². The fourth-order valence-corrected chi connectivity index (χ4v) is 7.89. The minimum absolute atomic E-state index is 0.702. The number of fused-ring (bicyclic) bond motifs is 4. The highest BCUT2D eigenvalue weighted by Crippen LogP contribution is 2.46. The van der Waals surface area contributed by atoms with Crippen molar-refractivity contribution in [2.45, 2.75) is 0 Å². The second-order valence-electron chi connectivity index (χ2n) is 13.7. The Balaban J connectivity index is 1.19. The molecule has 1 aromatic heterocycles. The molecule has 0 saturated carbocycles. The molecule has 0 unspecified atom stereocenters. The van der Waals surface area contributed by atoms with Crippen molar-refractivity contribution in [2.75, 3.05) is 0 Å². The van der Waals surface area contributed by atoms with E-state index in [1.54, 1.807) is 0 Å². The summed E-state index contributed by atoms with van der Waals surface area (Å²) in [6.07, 6.45) is 0. The van der Waals surface area contributed by atoms with Crippen LogP contribution in [0.3, 0.4) is 0 Å². The van der Waals surface area contributed by atoms with E-state index in [2.05, 4.69) is 200 Å². The van der Waals surface area contributed by atoms with Gasteiger partial charge in [-0.15, -0.1) is 0 Å². The summed E-state index contributed by atoms with van der Waals surface area (Å²) in [4.78, 5) is 10.6. The maximum atomic E-state index is 5.40. The molecule has 54 heavy (non-hydrogen) atoms. The SMILES string of the molecule is c1ccc(-c2ccc(-c3ccc(-c4cc(-c5c6ccccc6c(-c6ccccc6)c6ccc7ccccc7c56)nc(-c5ccccc5)n4)cc3)cc2)cc1. The van der Waals surface area contributed by atoms with Crippen molar-refractivity contribution in [3.8, 4) is 67.3 Å². The monoisotopic (exact) mass is 686 g/mol. The molecular formula is C52H34N2. The molecule has 1 heterocycles. The Labute approximate surface area is 314 Å². The van der Waals surface area contributed by atoms with Crippen molar-refractivity contribution in [1.82, 2.24) is 9.97 Å². The van der Waals surface area contributed by atoms with Gasteiger partial charge in [0, 0.05) is 22.1 Å². The maximum absolute atomic E-state index is 5.40. The number of aromatic nitrogens is 2. The van der Waals surface area contributed by atoms with E-state index in [0.29, 0.717) is 5.82 Å². The predicted octanol–water partition coefficient (Wildman–Crippen LogP) is 13.9. The lowest BCUT2D eigenvalue weighted by atomic mass is 9.85. The van der Waals surface area contributed by atoms with Gasteiger partial charge in [-0.05, 0) is 66.4 Å². The number of rotatable bonds is 6. The van der Waals surface area contributed by atoms with Crippen LogP contribution < -0.4 is 0 Å². The minimum Gasteiger partial charge on any atom is -0.228 e. The van der Waals surface area contributed by atoms with Crippen LogP contribution in [0.1, 0.15) is 0 Å². The van der Waals surface area contributed by atoms with Crippen LogP contribution in [0.2, 0.25) is 0 Å². The van der Waals surface area contributed by atoms with Gasteiger partial charge in [-0.1, -0.05) is 200 Å². The van der Waals surface area contributed by atoms with E-state index in [0.717, 1.165) is 39.0 Å². The summed E-state index contributed by atoms with van der Waals surface area (Å²) in [5, 5.41) is 7.17. The standard InChI is InChI=1S/C52H34N2/c1-4-14-35(15-5-1)36-24-26-37(27-25-36)38-28-30-40(31-29-38)47-34-48(54-52(53-47)42-19-8-3-9-20-42)51-45-23-13-12-22-44(45)49(41-17-6-2-7-18-41)46-33-32-39-16-10-11-21-43(39)50(46)51/h1-34H. The van der Waals surface area contributed by atoms with Gasteiger partial charge >= 0.3 is 0 Å². The summed E-state index contributed by atoms with van der Waals surface area (Å²) in [5.41, 5.74) is 12.1. The molecule has 2 heteroatoms. The van der Waals surface area contributed by atoms with E-state index in [9.17, 15) is 0 Å². The Morgan fingerprint density at radius 1 is 0.259 bits per heavy atom. The van der Waals surface area contributed by atoms with Crippen molar-refractivity contribution >= 4 is 32.3 Å². The quantitative estimate of drug-likeness (QED) is 0.129. The molecule has 0 radical (unpaired) electrons. The predicted molar refractivity (Wildman–Crippen MR) is 227 cm³/mol. The van der Waals surface area contributed by atoms with Crippen LogP contribution in [0, 0.1) is 0 Å². The molecule has 2 nitrogen and oxygen atoms in total. The average molecular weight is 687 g/mol. The molecule has 0 atom stereocenters. The molecule has 0 N–H and O–H groups in total. The van der Waals surface area contributed by atoms with Crippen molar-refractivity contribution in [1.29, 1.82) is 0 Å². The third-order valence-electron chi connectivity index (χ3n) is 10.5. The lowest BCUT2D eigenvalue weighted by molar-refractivity contribution is 1.19. The summed E-state index contributed by atoms with van der Waals surface area (Å²) < 4.78 is 0. The largest absolute Gasteiger partial charge is 0.228 e. The summed E-state index contributed by atoms with van der Waals surface area (Å²) in [6.45, 7) is 0. The first kappa shape index (κ1) is 31.6. The Bertz CT molecular complexity index is 2940. The molecule has 9 aromatic carbocycles.